The normalized spacial score (nSPS) is 12.2. The first-order valence-corrected chi connectivity index (χ1v) is 14.2. The van der Waals surface area contributed by atoms with Crippen molar-refractivity contribution in [2.75, 3.05) is 19.3 Å². The predicted octanol–water partition coefficient (Wildman–Crippen LogP) is 3.88. The van der Waals surface area contributed by atoms with Crippen LogP contribution in [0.25, 0.3) is 0 Å². The Kier molecular flexibility index (Phi) is 10.3. The highest BCUT2D eigenvalue weighted by molar-refractivity contribution is 7.88. The monoisotopic (exact) mass is 541 g/mol. The van der Waals surface area contributed by atoms with Crippen molar-refractivity contribution in [2.24, 2.45) is 0 Å². The van der Waals surface area contributed by atoms with Crippen LogP contribution >= 0.6 is 11.6 Å². The molecule has 3 aromatic rings. The van der Waals surface area contributed by atoms with Gasteiger partial charge >= 0.3 is 0 Å². The van der Waals surface area contributed by atoms with Crippen LogP contribution in [0.4, 0.5) is 0 Å². The van der Waals surface area contributed by atoms with Crippen molar-refractivity contribution in [2.45, 2.75) is 32.5 Å². The molecule has 1 atom stereocenters. The summed E-state index contributed by atoms with van der Waals surface area (Å²) in [5, 5.41) is 3.45. The molecule has 7 nitrogen and oxygen atoms in total. The molecule has 0 spiro atoms. The van der Waals surface area contributed by atoms with Gasteiger partial charge in [0.05, 0.1) is 12.8 Å². The van der Waals surface area contributed by atoms with E-state index in [2.05, 4.69) is 5.32 Å². The standard InChI is InChI=1S/C28H32ClN3O4S/c1-22(28(34)30-18-17-23-9-5-3-6-10-23)32(20-25-13-15-26(29)16-14-25)27(33)21-31(37(2,35)36)19-24-11-7-4-8-12-24/h3-16,22H,17-21H2,1-2H3,(H,30,34)/t22-/m0/s1. The van der Waals surface area contributed by atoms with E-state index in [9.17, 15) is 18.0 Å². The first-order chi connectivity index (χ1) is 17.6. The van der Waals surface area contributed by atoms with Crippen LogP contribution in [-0.2, 0) is 39.1 Å². The molecule has 9 heteroatoms. The van der Waals surface area contributed by atoms with E-state index in [1.807, 2.05) is 48.5 Å². The molecule has 0 unspecified atom stereocenters. The molecule has 2 amide bonds. The number of hydrogen-bond donors (Lipinski definition) is 1. The number of carbonyl (C=O) groups excluding carboxylic acids is 2. The summed E-state index contributed by atoms with van der Waals surface area (Å²) < 4.78 is 26.2. The van der Waals surface area contributed by atoms with Crippen LogP contribution in [-0.4, -0.2) is 54.8 Å². The molecular weight excluding hydrogens is 510 g/mol. The van der Waals surface area contributed by atoms with Crippen molar-refractivity contribution in [3.63, 3.8) is 0 Å². The van der Waals surface area contributed by atoms with E-state index in [-0.39, 0.29) is 25.5 Å². The van der Waals surface area contributed by atoms with Gasteiger partial charge in [0.25, 0.3) is 0 Å². The second kappa shape index (κ2) is 13.4. The minimum Gasteiger partial charge on any atom is -0.354 e. The number of sulfonamides is 1. The van der Waals surface area contributed by atoms with Crippen molar-refractivity contribution in [1.29, 1.82) is 0 Å². The van der Waals surface area contributed by atoms with Crippen molar-refractivity contribution in [1.82, 2.24) is 14.5 Å². The molecule has 0 aromatic heterocycles. The Balaban J connectivity index is 1.76. The zero-order chi connectivity index (χ0) is 26.8. The lowest BCUT2D eigenvalue weighted by Gasteiger charge is -2.31. The van der Waals surface area contributed by atoms with Crippen LogP contribution in [0, 0.1) is 0 Å². The third-order valence-electron chi connectivity index (χ3n) is 5.97. The lowest BCUT2D eigenvalue weighted by molar-refractivity contribution is -0.140. The third kappa shape index (κ3) is 9.00. The third-order valence-corrected chi connectivity index (χ3v) is 7.42. The Hall–Kier alpha value is -3.20. The van der Waals surface area contributed by atoms with Crippen LogP contribution in [0.1, 0.15) is 23.6 Å². The van der Waals surface area contributed by atoms with Gasteiger partial charge in [-0.2, -0.15) is 4.31 Å². The van der Waals surface area contributed by atoms with Crippen LogP contribution < -0.4 is 5.32 Å². The SMILES string of the molecule is C[C@@H](C(=O)NCCc1ccccc1)N(Cc1ccc(Cl)cc1)C(=O)CN(Cc1ccccc1)S(C)(=O)=O. The van der Waals surface area contributed by atoms with Gasteiger partial charge in [-0.1, -0.05) is 84.4 Å². The van der Waals surface area contributed by atoms with Gasteiger partial charge in [0.1, 0.15) is 6.04 Å². The first-order valence-electron chi connectivity index (χ1n) is 12.0. The highest BCUT2D eigenvalue weighted by Crippen LogP contribution is 2.16. The van der Waals surface area contributed by atoms with Gasteiger partial charge in [0.15, 0.2) is 0 Å². The largest absolute Gasteiger partial charge is 0.354 e. The Labute approximate surface area is 224 Å². The lowest BCUT2D eigenvalue weighted by Crippen LogP contribution is -2.51. The van der Waals surface area contributed by atoms with E-state index in [0.29, 0.717) is 18.0 Å². The number of nitrogens with one attached hydrogen (secondary N) is 1. The summed E-state index contributed by atoms with van der Waals surface area (Å²) in [6, 6.07) is 25.0. The number of nitrogens with zero attached hydrogens (tertiary/aromatic N) is 2. The fraction of sp³-hybridized carbons (Fsp3) is 0.286. The van der Waals surface area contributed by atoms with Gasteiger partial charge in [-0.3, -0.25) is 9.59 Å². The van der Waals surface area contributed by atoms with E-state index in [1.165, 1.54) is 4.90 Å². The minimum absolute atomic E-state index is 0.0534. The lowest BCUT2D eigenvalue weighted by atomic mass is 10.1. The fourth-order valence-electron chi connectivity index (χ4n) is 3.81. The Morgan fingerprint density at radius 3 is 1.95 bits per heavy atom. The maximum absolute atomic E-state index is 13.5. The zero-order valence-electron chi connectivity index (χ0n) is 21.0. The van der Waals surface area contributed by atoms with Gasteiger partial charge in [-0.25, -0.2) is 8.42 Å². The zero-order valence-corrected chi connectivity index (χ0v) is 22.6. The van der Waals surface area contributed by atoms with E-state index in [1.54, 1.807) is 43.3 Å². The topological polar surface area (TPSA) is 86.8 Å². The average molecular weight is 542 g/mol. The molecule has 0 saturated heterocycles. The van der Waals surface area contributed by atoms with Crippen molar-refractivity contribution < 1.29 is 18.0 Å². The summed E-state index contributed by atoms with van der Waals surface area (Å²) in [6.45, 7) is 1.86. The first kappa shape index (κ1) is 28.4. The van der Waals surface area contributed by atoms with Crippen LogP contribution in [0.2, 0.25) is 5.02 Å². The summed E-state index contributed by atoms with van der Waals surface area (Å²) in [7, 11) is -3.69. The molecule has 0 aliphatic rings. The summed E-state index contributed by atoms with van der Waals surface area (Å²) in [4.78, 5) is 28.0. The summed E-state index contributed by atoms with van der Waals surface area (Å²) in [6.07, 6.45) is 1.73. The molecule has 37 heavy (non-hydrogen) atoms. The van der Waals surface area contributed by atoms with Crippen LogP contribution in [0.15, 0.2) is 84.9 Å². The predicted molar refractivity (Wildman–Crippen MR) is 146 cm³/mol. The molecule has 196 valence electrons. The molecule has 1 N–H and O–H groups in total. The smallest absolute Gasteiger partial charge is 0.242 e. The number of benzene rings is 3. The Bertz CT molecular complexity index is 1270. The second-order valence-corrected chi connectivity index (χ2v) is 11.3. The van der Waals surface area contributed by atoms with Crippen LogP contribution in [0.3, 0.4) is 0 Å². The maximum atomic E-state index is 13.5. The van der Waals surface area contributed by atoms with Gasteiger partial charge < -0.3 is 10.2 Å². The summed E-state index contributed by atoms with van der Waals surface area (Å²) in [5.41, 5.74) is 2.63. The molecule has 3 rings (SSSR count). The highest BCUT2D eigenvalue weighted by Gasteiger charge is 2.29. The molecule has 0 fully saturated rings. The second-order valence-electron chi connectivity index (χ2n) is 8.87. The number of amides is 2. The number of halogens is 1. The van der Waals surface area contributed by atoms with Crippen molar-refractivity contribution in [3.8, 4) is 0 Å². The van der Waals surface area contributed by atoms with Gasteiger partial charge in [-0.05, 0) is 42.2 Å². The number of rotatable bonds is 12. The molecule has 0 bridgehead atoms. The van der Waals surface area contributed by atoms with Crippen LogP contribution in [0.5, 0.6) is 0 Å². The molecule has 0 heterocycles. The van der Waals surface area contributed by atoms with Crippen molar-refractivity contribution in [3.05, 3.63) is 107 Å². The molecular formula is C28H32ClN3O4S. The van der Waals surface area contributed by atoms with Gasteiger partial charge in [0.2, 0.25) is 21.8 Å². The Morgan fingerprint density at radius 2 is 1.38 bits per heavy atom. The average Bonchev–Trinajstić information content (AvgIpc) is 2.88. The molecule has 0 aliphatic heterocycles. The number of hydrogen-bond acceptors (Lipinski definition) is 4. The summed E-state index contributed by atoms with van der Waals surface area (Å²) >= 11 is 6.01. The minimum atomic E-state index is -3.69. The molecule has 0 saturated carbocycles. The molecule has 0 aliphatic carbocycles. The van der Waals surface area contributed by atoms with Gasteiger partial charge in [0, 0.05) is 24.7 Å². The highest BCUT2D eigenvalue weighted by atomic mass is 35.5. The molecule has 3 aromatic carbocycles. The van der Waals surface area contributed by atoms with E-state index >= 15 is 0 Å². The van der Waals surface area contributed by atoms with E-state index in [0.717, 1.165) is 27.3 Å². The Morgan fingerprint density at radius 1 is 0.838 bits per heavy atom. The summed E-state index contributed by atoms with van der Waals surface area (Å²) in [5.74, 6) is -0.783. The number of carbonyl (C=O) groups is 2. The maximum Gasteiger partial charge on any atom is 0.242 e. The quantitative estimate of drug-likeness (QED) is 0.377. The van der Waals surface area contributed by atoms with E-state index in [4.69, 9.17) is 11.6 Å². The van der Waals surface area contributed by atoms with Crippen molar-refractivity contribution >= 4 is 33.4 Å². The van der Waals surface area contributed by atoms with E-state index < -0.39 is 22.0 Å². The van der Waals surface area contributed by atoms with Gasteiger partial charge in [-0.15, -0.1) is 0 Å². The fourth-order valence-corrected chi connectivity index (χ4v) is 4.67. The molecule has 0 radical (unpaired) electrons.